The normalized spacial score (nSPS) is 10.2. The molecule has 3 aromatic rings. The first-order chi connectivity index (χ1) is 12.1. The van der Waals surface area contributed by atoms with Crippen molar-refractivity contribution < 1.29 is 23.8 Å². The lowest BCUT2D eigenvalue weighted by atomic mass is 10.2. The first-order valence-corrected chi connectivity index (χ1v) is 7.27. The molecule has 0 fully saturated rings. The first kappa shape index (κ1) is 16.2. The summed E-state index contributed by atoms with van der Waals surface area (Å²) in [4.78, 5) is 23.6. The number of ether oxygens (including phenoxy) is 1. The summed E-state index contributed by atoms with van der Waals surface area (Å²) >= 11 is 0. The van der Waals surface area contributed by atoms with E-state index in [0.717, 1.165) is 0 Å². The molecular formula is C17H13N3O5. The number of rotatable bonds is 5. The molecule has 126 valence electrons. The molecule has 0 saturated heterocycles. The number of hydrogen-bond acceptors (Lipinski definition) is 7. The number of carbonyl (C=O) groups excluding carboxylic acids is 2. The van der Waals surface area contributed by atoms with Gasteiger partial charge < -0.3 is 14.3 Å². The zero-order chi connectivity index (χ0) is 17.6. The lowest BCUT2D eigenvalue weighted by Gasteiger charge is -2.04. The lowest BCUT2D eigenvalue weighted by Crippen LogP contribution is -2.21. The van der Waals surface area contributed by atoms with Gasteiger partial charge in [0.15, 0.2) is 6.61 Å². The molecule has 0 saturated carbocycles. The number of phenols is 1. The maximum atomic E-state index is 11.8. The largest absolute Gasteiger partial charge is 0.508 e. The second kappa shape index (κ2) is 7.26. The van der Waals surface area contributed by atoms with Crippen LogP contribution >= 0.6 is 0 Å². The van der Waals surface area contributed by atoms with Gasteiger partial charge in [-0.1, -0.05) is 23.3 Å². The number of hydrogen-bond donors (Lipinski definition) is 2. The van der Waals surface area contributed by atoms with Gasteiger partial charge in [0.1, 0.15) is 5.75 Å². The predicted octanol–water partition coefficient (Wildman–Crippen LogP) is 2.24. The first-order valence-electron chi connectivity index (χ1n) is 7.27. The van der Waals surface area contributed by atoms with Gasteiger partial charge in [-0.15, -0.1) is 5.10 Å². The summed E-state index contributed by atoms with van der Waals surface area (Å²) in [5, 5.41) is 19.1. The molecule has 2 aromatic carbocycles. The van der Waals surface area contributed by atoms with Crippen molar-refractivity contribution in [3.63, 3.8) is 0 Å². The molecule has 0 bridgehead atoms. The average molecular weight is 339 g/mol. The van der Waals surface area contributed by atoms with E-state index in [0.29, 0.717) is 5.56 Å². The van der Waals surface area contributed by atoms with Crippen molar-refractivity contribution in [1.82, 2.24) is 10.2 Å². The van der Waals surface area contributed by atoms with Gasteiger partial charge in [-0.25, -0.2) is 4.79 Å². The molecule has 25 heavy (non-hydrogen) atoms. The van der Waals surface area contributed by atoms with Gasteiger partial charge in [-0.2, -0.15) is 0 Å². The van der Waals surface area contributed by atoms with E-state index in [2.05, 4.69) is 15.5 Å². The third kappa shape index (κ3) is 4.20. The monoisotopic (exact) mass is 339 g/mol. The number of nitrogens with zero attached hydrogens (tertiary/aromatic N) is 2. The molecule has 0 aliphatic heterocycles. The zero-order valence-electron chi connectivity index (χ0n) is 12.9. The maximum Gasteiger partial charge on any atom is 0.338 e. The Balaban J connectivity index is 1.54. The molecule has 0 aliphatic carbocycles. The van der Waals surface area contributed by atoms with Gasteiger partial charge in [-0.05, 0) is 36.4 Å². The summed E-state index contributed by atoms with van der Waals surface area (Å²) in [6, 6.07) is 14.5. The Morgan fingerprint density at radius 3 is 2.48 bits per heavy atom. The van der Waals surface area contributed by atoms with E-state index >= 15 is 0 Å². The smallest absolute Gasteiger partial charge is 0.338 e. The summed E-state index contributed by atoms with van der Waals surface area (Å²) < 4.78 is 10.2. The van der Waals surface area contributed by atoms with Crippen molar-refractivity contribution in [2.24, 2.45) is 0 Å². The number of anilines is 1. The Hall–Kier alpha value is -3.68. The zero-order valence-corrected chi connectivity index (χ0v) is 12.9. The molecule has 8 nitrogen and oxygen atoms in total. The van der Waals surface area contributed by atoms with Crippen molar-refractivity contribution >= 4 is 17.9 Å². The number of phenolic OH excluding ortho intramolecular Hbond substituents is 1. The Morgan fingerprint density at radius 2 is 1.76 bits per heavy atom. The number of esters is 1. The second-order valence-electron chi connectivity index (χ2n) is 4.95. The third-order valence-corrected chi connectivity index (χ3v) is 3.13. The minimum Gasteiger partial charge on any atom is -0.508 e. The lowest BCUT2D eigenvalue weighted by molar-refractivity contribution is -0.119. The third-order valence-electron chi connectivity index (χ3n) is 3.13. The molecule has 1 amide bonds. The van der Waals surface area contributed by atoms with Crippen LogP contribution in [0.2, 0.25) is 0 Å². The highest BCUT2D eigenvalue weighted by molar-refractivity contribution is 5.94. The Morgan fingerprint density at radius 1 is 1.04 bits per heavy atom. The minimum absolute atomic E-state index is 0.0277. The van der Waals surface area contributed by atoms with E-state index in [-0.39, 0.29) is 23.2 Å². The fourth-order valence-corrected chi connectivity index (χ4v) is 1.94. The molecule has 0 aliphatic rings. The fourth-order valence-electron chi connectivity index (χ4n) is 1.94. The highest BCUT2D eigenvalue weighted by atomic mass is 16.5. The van der Waals surface area contributed by atoms with Gasteiger partial charge in [0, 0.05) is 5.56 Å². The SMILES string of the molecule is O=C(COC(=O)c1ccc(O)cc1)Nc1nnc(-c2ccccc2)o1. The molecule has 0 atom stereocenters. The summed E-state index contributed by atoms with van der Waals surface area (Å²) in [5.74, 6) is -1.02. The topological polar surface area (TPSA) is 115 Å². The Labute approximate surface area is 142 Å². The van der Waals surface area contributed by atoms with Crippen LogP contribution in [-0.4, -0.2) is 33.8 Å². The van der Waals surface area contributed by atoms with Gasteiger partial charge in [0.2, 0.25) is 5.89 Å². The summed E-state index contributed by atoms with van der Waals surface area (Å²) in [6.07, 6.45) is 0. The highest BCUT2D eigenvalue weighted by Crippen LogP contribution is 2.19. The van der Waals surface area contributed by atoms with Crippen molar-refractivity contribution in [2.45, 2.75) is 0 Å². The summed E-state index contributed by atoms with van der Waals surface area (Å²) in [7, 11) is 0. The van der Waals surface area contributed by atoms with Crippen LogP contribution < -0.4 is 5.32 Å². The standard InChI is InChI=1S/C17H13N3O5/c21-13-8-6-12(7-9-13)16(23)24-10-14(22)18-17-20-19-15(25-17)11-4-2-1-3-5-11/h1-9,21H,10H2,(H,18,20,22). The van der Waals surface area contributed by atoms with Crippen LogP contribution in [0, 0.1) is 0 Å². The molecule has 2 N–H and O–H groups in total. The number of amides is 1. The second-order valence-corrected chi connectivity index (χ2v) is 4.95. The van der Waals surface area contributed by atoms with Crippen molar-refractivity contribution in [1.29, 1.82) is 0 Å². The van der Waals surface area contributed by atoms with Gasteiger partial charge in [0.25, 0.3) is 5.91 Å². The molecule has 0 unspecified atom stereocenters. The van der Waals surface area contributed by atoms with E-state index in [9.17, 15) is 9.59 Å². The Bertz CT molecular complexity index is 875. The van der Waals surface area contributed by atoms with E-state index in [1.165, 1.54) is 24.3 Å². The van der Waals surface area contributed by atoms with Crippen LogP contribution in [0.4, 0.5) is 6.01 Å². The van der Waals surface area contributed by atoms with Crippen molar-refractivity contribution in [3.05, 3.63) is 60.2 Å². The van der Waals surface area contributed by atoms with E-state index < -0.39 is 18.5 Å². The van der Waals surface area contributed by atoms with Crippen LogP contribution in [0.25, 0.3) is 11.5 Å². The highest BCUT2D eigenvalue weighted by Gasteiger charge is 2.14. The van der Waals surface area contributed by atoms with Crippen LogP contribution in [0.3, 0.4) is 0 Å². The molecule has 8 heteroatoms. The van der Waals surface area contributed by atoms with Crippen LogP contribution in [0.1, 0.15) is 10.4 Å². The molecule has 3 rings (SSSR count). The maximum absolute atomic E-state index is 11.8. The van der Waals surface area contributed by atoms with Crippen molar-refractivity contribution in [2.75, 3.05) is 11.9 Å². The quantitative estimate of drug-likeness (QED) is 0.685. The number of aromatic hydroxyl groups is 1. The van der Waals surface area contributed by atoms with Crippen LogP contribution in [0.5, 0.6) is 5.75 Å². The van der Waals surface area contributed by atoms with E-state index in [1.54, 1.807) is 12.1 Å². The molecule has 0 radical (unpaired) electrons. The van der Waals surface area contributed by atoms with Gasteiger partial charge >= 0.3 is 12.0 Å². The average Bonchev–Trinajstić information content (AvgIpc) is 3.09. The predicted molar refractivity (Wildman–Crippen MR) is 86.8 cm³/mol. The van der Waals surface area contributed by atoms with Gasteiger partial charge in [0.05, 0.1) is 5.56 Å². The molecule has 1 heterocycles. The Kier molecular flexibility index (Phi) is 4.70. The summed E-state index contributed by atoms with van der Waals surface area (Å²) in [6.45, 7) is -0.511. The summed E-state index contributed by atoms with van der Waals surface area (Å²) in [5.41, 5.74) is 0.934. The minimum atomic E-state index is -0.689. The van der Waals surface area contributed by atoms with Crippen molar-refractivity contribution in [3.8, 4) is 17.2 Å². The number of carbonyl (C=O) groups is 2. The number of nitrogens with one attached hydrogen (secondary N) is 1. The van der Waals surface area contributed by atoms with Crippen LogP contribution in [0.15, 0.2) is 59.0 Å². The molecule has 0 spiro atoms. The molecule has 1 aromatic heterocycles. The van der Waals surface area contributed by atoms with E-state index in [4.69, 9.17) is 14.3 Å². The fraction of sp³-hybridized carbons (Fsp3) is 0.0588. The molecular weight excluding hydrogens is 326 g/mol. The van der Waals surface area contributed by atoms with Crippen LogP contribution in [-0.2, 0) is 9.53 Å². The number of aromatic nitrogens is 2. The van der Waals surface area contributed by atoms with Gasteiger partial charge in [-0.3, -0.25) is 10.1 Å². The number of benzene rings is 2. The van der Waals surface area contributed by atoms with E-state index in [1.807, 2.05) is 18.2 Å².